The standard InChI is InChI=1S/C26H34N6O5/c1-6-19-7-9-20(10-8-19)15-30-24(29-21-11-12-22(17(4)13-21)36-16(2)3)32(27)26(35)31(25(30)34)14-18(5)23(33)37-28/h7-13,16,18H,6,14-15,27-28H2,1-5H3/t18-/m0/s1. The van der Waals surface area contributed by atoms with Gasteiger partial charge in [0.05, 0.1) is 24.3 Å². The summed E-state index contributed by atoms with van der Waals surface area (Å²) in [6.07, 6.45) is 0.878. The molecule has 0 aliphatic carbocycles. The summed E-state index contributed by atoms with van der Waals surface area (Å²) < 4.78 is 8.77. The van der Waals surface area contributed by atoms with Gasteiger partial charge < -0.3 is 15.4 Å². The Bertz CT molecular complexity index is 1450. The number of nitrogens with two attached hydrogens (primary N) is 2. The number of hydrogen-bond donors (Lipinski definition) is 2. The molecule has 0 radical (unpaired) electrons. The zero-order chi connectivity index (χ0) is 27.3. The van der Waals surface area contributed by atoms with Gasteiger partial charge in [-0.1, -0.05) is 38.1 Å². The van der Waals surface area contributed by atoms with Gasteiger partial charge in [-0.2, -0.15) is 10.6 Å². The highest BCUT2D eigenvalue weighted by molar-refractivity contribution is 5.71. The van der Waals surface area contributed by atoms with Crippen molar-refractivity contribution in [3.8, 4) is 5.75 Å². The van der Waals surface area contributed by atoms with Crippen molar-refractivity contribution in [3.05, 3.63) is 85.7 Å². The lowest BCUT2D eigenvalue weighted by molar-refractivity contribution is -0.149. The lowest BCUT2D eigenvalue weighted by Crippen LogP contribution is -2.58. The van der Waals surface area contributed by atoms with E-state index in [0.717, 1.165) is 32.4 Å². The van der Waals surface area contributed by atoms with Crippen molar-refractivity contribution in [2.45, 2.75) is 60.2 Å². The molecule has 2 aromatic carbocycles. The van der Waals surface area contributed by atoms with Crippen LogP contribution in [0, 0.1) is 12.8 Å². The number of nitrogens with zero attached hydrogens (tertiary/aromatic N) is 4. The van der Waals surface area contributed by atoms with Crippen molar-refractivity contribution >= 4 is 11.7 Å². The average Bonchev–Trinajstić information content (AvgIpc) is 2.88. The number of nitrogen functional groups attached to an aromatic ring is 1. The number of aromatic nitrogens is 3. The van der Waals surface area contributed by atoms with Gasteiger partial charge in [0.1, 0.15) is 5.75 Å². The summed E-state index contributed by atoms with van der Waals surface area (Å²) in [6, 6.07) is 13.0. The maximum atomic E-state index is 13.6. The molecule has 0 aliphatic heterocycles. The molecular formula is C26H34N6O5. The number of benzene rings is 2. The van der Waals surface area contributed by atoms with E-state index in [-0.39, 0.29) is 24.8 Å². The van der Waals surface area contributed by atoms with Gasteiger partial charge in [-0.3, -0.25) is 9.36 Å². The number of ether oxygens (including phenoxy) is 1. The van der Waals surface area contributed by atoms with Crippen LogP contribution in [0.1, 0.15) is 44.4 Å². The van der Waals surface area contributed by atoms with Gasteiger partial charge >= 0.3 is 17.3 Å². The van der Waals surface area contributed by atoms with Crippen molar-refractivity contribution < 1.29 is 14.4 Å². The molecule has 1 atom stereocenters. The zero-order valence-electron chi connectivity index (χ0n) is 21.8. The fourth-order valence-corrected chi connectivity index (χ4v) is 3.80. The first kappa shape index (κ1) is 27.5. The summed E-state index contributed by atoms with van der Waals surface area (Å²) in [4.78, 5) is 47.3. The predicted octanol–water partition coefficient (Wildman–Crippen LogP) is 1.52. The van der Waals surface area contributed by atoms with Crippen LogP contribution in [-0.4, -0.2) is 25.9 Å². The Labute approximate surface area is 214 Å². The van der Waals surface area contributed by atoms with E-state index in [4.69, 9.17) is 16.5 Å². The maximum absolute atomic E-state index is 13.6. The normalized spacial score (nSPS) is 12.6. The minimum absolute atomic E-state index is 0.00324. The molecule has 11 heteroatoms. The Balaban J connectivity index is 2.21. The Hall–Kier alpha value is -4.12. The second-order valence-electron chi connectivity index (χ2n) is 9.17. The van der Waals surface area contributed by atoms with Gasteiger partial charge in [-0.15, -0.1) is 0 Å². The summed E-state index contributed by atoms with van der Waals surface area (Å²) in [5.74, 6) is 10.2. The molecule has 0 fully saturated rings. The van der Waals surface area contributed by atoms with Crippen molar-refractivity contribution in [1.82, 2.24) is 13.8 Å². The third-order valence-electron chi connectivity index (χ3n) is 5.85. The molecule has 0 bridgehead atoms. The maximum Gasteiger partial charge on any atom is 0.353 e. The number of carbonyl (C=O) groups excluding carboxylic acids is 1. The minimum atomic E-state index is -0.855. The van der Waals surface area contributed by atoms with Crippen molar-refractivity contribution in [2.75, 3.05) is 5.84 Å². The first-order valence-electron chi connectivity index (χ1n) is 12.1. The van der Waals surface area contributed by atoms with Crippen LogP contribution in [0.15, 0.2) is 57.0 Å². The molecule has 11 nitrogen and oxygen atoms in total. The van der Waals surface area contributed by atoms with Crippen LogP contribution in [0.4, 0.5) is 5.69 Å². The van der Waals surface area contributed by atoms with Crippen molar-refractivity contribution in [2.24, 2.45) is 16.8 Å². The molecule has 0 amide bonds. The molecule has 0 unspecified atom stereocenters. The lowest BCUT2D eigenvalue weighted by atomic mass is 10.1. The minimum Gasteiger partial charge on any atom is -0.491 e. The van der Waals surface area contributed by atoms with Crippen LogP contribution in [-0.2, 0) is 29.1 Å². The zero-order valence-corrected chi connectivity index (χ0v) is 21.8. The van der Waals surface area contributed by atoms with Crippen LogP contribution < -0.4 is 33.5 Å². The van der Waals surface area contributed by atoms with Gasteiger partial charge in [0.15, 0.2) is 0 Å². The van der Waals surface area contributed by atoms with Crippen LogP contribution in [0.2, 0.25) is 0 Å². The fraction of sp³-hybridized carbons (Fsp3) is 0.385. The summed E-state index contributed by atoms with van der Waals surface area (Å²) in [6.45, 7) is 9.14. The molecule has 198 valence electrons. The van der Waals surface area contributed by atoms with Gasteiger partial charge in [-0.25, -0.2) is 19.1 Å². The topological polar surface area (TPSA) is 149 Å². The molecular weight excluding hydrogens is 476 g/mol. The van der Waals surface area contributed by atoms with Crippen LogP contribution in [0.5, 0.6) is 5.75 Å². The molecule has 0 aliphatic rings. The first-order valence-corrected chi connectivity index (χ1v) is 12.1. The van der Waals surface area contributed by atoms with E-state index in [1.54, 1.807) is 18.2 Å². The van der Waals surface area contributed by atoms with E-state index < -0.39 is 23.3 Å². The second kappa shape index (κ2) is 11.7. The molecule has 0 spiro atoms. The van der Waals surface area contributed by atoms with Gasteiger partial charge in [0, 0.05) is 6.54 Å². The lowest BCUT2D eigenvalue weighted by Gasteiger charge is -2.16. The largest absolute Gasteiger partial charge is 0.491 e. The summed E-state index contributed by atoms with van der Waals surface area (Å²) in [5, 5.41) is 0. The molecule has 1 aromatic heterocycles. The van der Waals surface area contributed by atoms with Crippen molar-refractivity contribution in [1.29, 1.82) is 0 Å². The number of carbonyl (C=O) groups is 1. The summed E-state index contributed by atoms with van der Waals surface area (Å²) in [5.41, 5.74) is 1.74. The van der Waals surface area contributed by atoms with E-state index in [2.05, 4.69) is 16.8 Å². The molecule has 4 N–H and O–H groups in total. The van der Waals surface area contributed by atoms with E-state index in [0.29, 0.717) is 11.4 Å². The van der Waals surface area contributed by atoms with Gasteiger partial charge in [0.25, 0.3) is 0 Å². The third kappa shape index (κ3) is 6.36. The van der Waals surface area contributed by atoms with Gasteiger partial charge in [0.2, 0.25) is 5.62 Å². The third-order valence-corrected chi connectivity index (χ3v) is 5.85. The fourth-order valence-electron chi connectivity index (χ4n) is 3.80. The number of rotatable bonds is 9. The molecule has 0 saturated carbocycles. The van der Waals surface area contributed by atoms with Crippen molar-refractivity contribution in [3.63, 3.8) is 0 Å². The van der Waals surface area contributed by atoms with Crippen LogP contribution >= 0.6 is 0 Å². The summed E-state index contributed by atoms with van der Waals surface area (Å²) in [7, 11) is 0. The molecule has 1 heterocycles. The van der Waals surface area contributed by atoms with E-state index in [1.165, 1.54) is 11.5 Å². The average molecular weight is 511 g/mol. The van der Waals surface area contributed by atoms with E-state index >= 15 is 0 Å². The highest BCUT2D eigenvalue weighted by atomic mass is 16.7. The first-order chi connectivity index (χ1) is 17.5. The highest BCUT2D eigenvalue weighted by Crippen LogP contribution is 2.24. The SMILES string of the molecule is CCc1ccc(Cn2c(=Nc3ccc(OC(C)C)c(C)c3)n(N)c(=O)n(C[C@H](C)C(=O)ON)c2=O)cc1. The smallest absolute Gasteiger partial charge is 0.353 e. The van der Waals surface area contributed by atoms with E-state index in [1.807, 2.05) is 45.0 Å². The quantitative estimate of drug-likeness (QED) is 0.327. The predicted molar refractivity (Wildman–Crippen MR) is 140 cm³/mol. The number of aryl methyl sites for hydroxylation is 2. The highest BCUT2D eigenvalue weighted by Gasteiger charge is 2.20. The van der Waals surface area contributed by atoms with Crippen LogP contribution in [0.25, 0.3) is 0 Å². The van der Waals surface area contributed by atoms with E-state index in [9.17, 15) is 14.4 Å². The Morgan fingerprint density at radius 1 is 1.00 bits per heavy atom. The number of hydrogen-bond acceptors (Lipinski definition) is 8. The summed E-state index contributed by atoms with van der Waals surface area (Å²) >= 11 is 0. The molecule has 3 aromatic rings. The Morgan fingerprint density at radius 2 is 1.65 bits per heavy atom. The Morgan fingerprint density at radius 3 is 2.22 bits per heavy atom. The molecule has 3 rings (SSSR count). The molecule has 37 heavy (non-hydrogen) atoms. The second-order valence-corrected chi connectivity index (χ2v) is 9.17. The van der Waals surface area contributed by atoms with Crippen LogP contribution in [0.3, 0.4) is 0 Å². The van der Waals surface area contributed by atoms with Gasteiger partial charge in [-0.05, 0) is 62.1 Å². The molecule has 0 saturated heterocycles. The Kier molecular flexibility index (Phi) is 8.72. The monoisotopic (exact) mass is 510 g/mol.